The van der Waals surface area contributed by atoms with Gasteiger partial charge in [0.15, 0.2) is 11.0 Å². The quantitative estimate of drug-likeness (QED) is 0.853. The van der Waals surface area contributed by atoms with E-state index in [1.807, 2.05) is 7.05 Å². The lowest BCUT2D eigenvalue weighted by Gasteiger charge is -2.36. The molecule has 0 spiro atoms. The summed E-state index contributed by atoms with van der Waals surface area (Å²) in [5, 5.41) is 7.86. The van der Waals surface area contributed by atoms with Gasteiger partial charge in [-0.05, 0) is 31.0 Å². The minimum Gasteiger partial charge on any atom is -0.354 e. The molecule has 1 aliphatic heterocycles. The molecule has 0 atom stereocenters. The van der Waals surface area contributed by atoms with Crippen molar-refractivity contribution in [3.05, 3.63) is 10.4 Å². The fourth-order valence-electron chi connectivity index (χ4n) is 2.31. The normalized spacial score (nSPS) is 18.0. The molecule has 2 rings (SSSR count). The largest absolute Gasteiger partial charge is 0.354 e. The number of aromatic nitrogens is 3. The van der Waals surface area contributed by atoms with Crippen LogP contribution in [0.2, 0.25) is 10.4 Å². The van der Waals surface area contributed by atoms with Crippen LogP contribution in [0.4, 0.5) is 5.82 Å². The Labute approximate surface area is 117 Å². The Morgan fingerprint density at radius 1 is 1.28 bits per heavy atom. The van der Waals surface area contributed by atoms with Crippen LogP contribution in [0.5, 0.6) is 0 Å². The first-order valence-electron chi connectivity index (χ1n) is 6.12. The number of nitrogens with zero attached hydrogens (tertiary/aromatic N) is 5. The van der Waals surface area contributed by atoms with Gasteiger partial charge in [-0.3, -0.25) is 0 Å². The second-order valence-electron chi connectivity index (χ2n) is 4.47. The lowest BCUT2D eigenvalue weighted by molar-refractivity contribution is 0.220. The molecule has 7 heteroatoms. The van der Waals surface area contributed by atoms with Crippen molar-refractivity contribution in [1.29, 1.82) is 0 Å². The maximum atomic E-state index is 6.02. The van der Waals surface area contributed by atoms with Gasteiger partial charge in [0.2, 0.25) is 5.28 Å². The van der Waals surface area contributed by atoms with Crippen molar-refractivity contribution >= 4 is 29.0 Å². The lowest BCUT2D eigenvalue weighted by Crippen LogP contribution is -2.43. The van der Waals surface area contributed by atoms with Crippen LogP contribution in [-0.4, -0.2) is 52.8 Å². The van der Waals surface area contributed by atoms with Crippen molar-refractivity contribution in [1.82, 2.24) is 20.1 Å². The first kappa shape index (κ1) is 13.8. The second kappa shape index (κ2) is 5.99. The van der Waals surface area contributed by atoms with E-state index in [0.29, 0.717) is 17.0 Å². The van der Waals surface area contributed by atoms with Gasteiger partial charge in [0.1, 0.15) is 0 Å². The average molecular weight is 290 g/mol. The molecule has 0 bridgehead atoms. The van der Waals surface area contributed by atoms with Gasteiger partial charge in [-0.25, -0.2) is 0 Å². The number of halogens is 2. The highest BCUT2D eigenvalue weighted by atomic mass is 35.5. The minimum absolute atomic E-state index is 0.132. The van der Waals surface area contributed by atoms with E-state index in [9.17, 15) is 0 Å². The predicted molar refractivity (Wildman–Crippen MR) is 73.4 cm³/mol. The van der Waals surface area contributed by atoms with Crippen LogP contribution in [-0.2, 0) is 0 Å². The third-order valence-corrected chi connectivity index (χ3v) is 3.89. The first-order valence-corrected chi connectivity index (χ1v) is 6.88. The zero-order valence-corrected chi connectivity index (χ0v) is 12.1. The molecule has 1 aromatic rings. The minimum atomic E-state index is 0.132. The Morgan fingerprint density at radius 3 is 2.56 bits per heavy atom. The third-order valence-electron chi connectivity index (χ3n) is 3.49. The number of rotatable bonds is 3. The van der Waals surface area contributed by atoms with E-state index in [2.05, 4.69) is 31.9 Å². The summed E-state index contributed by atoms with van der Waals surface area (Å²) in [6.07, 6.45) is 2.20. The summed E-state index contributed by atoms with van der Waals surface area (Å²) in [5.41, 5.74) is 0. The Kier molecular flexibility index (Phi) is 4.59. The van der Waals surface area contributed by atoms with Gasteiger partial charge in [0.25, 0.3) is 0 Å². The maximum absolute atomic E-state index is 6.02. The van der Waals surface area contributed by atoms with E-state index in [4.69, 9.17) is 23.2 Å². The van der Waals surface area contributed by atoms with Gasteiger partial charge in [0.05, 0.1) is 0 Å². The molecule has 2 heterocycles. The molecule has 1 aliphatic rings. The summed E-state index contributed by atoms with van der Waals surface area (Å²) in [5.74, 6) is 0.617. The summed E-state index contributed by atoms with van der Waals surface area (Å²) in [4.78, 5) is 8.67. The number of piperidine rings is 1. The van der Waals surface area contributed by atoms with E-state index in [-0.39, 0.29) is 5.28 Å². The third kappa shape index (κ3) is 3.02. The molecular weight excluding hydrogens is 273 g/mol. The summed E-state index contributed by atoms with van der Waals surface area (Å²) in [6.45, 7) is 5.51. The van der Waals surface area contributed by atoms with Gasteiger partial charge in [-0.2, -0.15) is 4.98 Å². The molecule has 0 unspecified atom stereocenters. The number of anilines is 1. The lowest BCUT2D eigenvalue weighted by atomic mass is 10.0. The second-order valence-corrected chi connectivity index (χ2v) is 5.17. The standard InChI is InChI=1S/C11H17Cl2N5/c1-3-18-6-4-8(5-7-18)17(2)10-9(12)15-16-11(13)14-10/h8H,3-7H2,1-2H3. The Morgan fingerprint density at radius 2 is 1.94 bits per heavy atom. The molecule has 0 amide bonds. The highest BCUT2D eigenvalue weighted by Crippen LogP contribution is 2.25. The van der Waals surface area contributed by atoms with Gasteiger partial charge in [-0.1, -0.05) is 18.5 Å². The van der Waals surface area contributed by atoms with E-state index >= 15 is 0 Å². The monoisotopic (exact) mass is 289 g/mol. The summed E-state index contributed by atoms with van der Waals surface area (Å²) < 4.78 is 0. The van der Waals surface area contributed by atoms with Crippen LogP contribution in [0.1, 0.15) is 19.8 Å². The molecule has 0 radical (unpaired) electrons. The molecule has 0 N–H and O–H groups in total. The van der Waals surface area contributed by atoms with Gasteiger partial charge in [0, 0.05) is 26.2 Å². The average Bonchev–Trinajstić information content (AvgIpc) is 2.41. The van der Waals surface area contributed by atoms with E-state index in [1.165, 1.54) is 0 Å². The molecule has 0 aromatic carbocycles. The van der Waals surface area contributed by atoms with E-state index in [0.717, 1.165) is 32.5 Å². The molecule has 5 nitrogen and oxygen atoms in total. The zero-order valence-electron chi connectivity index (χ0n) is 10.6. The maximum Gasteiger partial charge on any atom is 0.245 e. The summed E-state index contributed by atoms with van der Waals surface area (Å²) in [7, 11) is 1.98. The molecule has 1 fully saturated rings. The Balaban J connectivity index is 2.07. The van der Waals surface area contributed by atoms with E-state index < -0.39 is 0 Å². The van der Waals surface area contributed by atoms with Crippen LogP contribution in [0.15, 0.2) is 0 Å². The molecule has 0 saturated carbocycles. The fourth-order valence-corrected chi connectivity index (χ4v) is 2.64. The van der Waals surface area contributed by atoms with Crippen molar-refractivity contribution in [2.75, 3.05) is 31.6 Å². The first-order chi connectivity index (χ1) is 8.61. The molecule has 1 aromatic heterocycles. The van der Waals surface area contributed by atoms with Crippen molar-refractivity contribution in [2.45, 2.75) is 25.8 Å². The van der Waals surface area contributed by atoms with Crippen molar-refractivity contribution < 1.29 is 0 Å². The van der Waals surface area contributed by atoms with E-state index in [1.54, 1.807) is 0 Å². The highest BCUT2D eigenvalue weighted by molar-refractivity contribution is 6.32. The van der Waals surface area contributed by atoms with Crippen LogP contribution < -0.4 is 4.90 Å². The van der Waals surface area contributed by atoms with Gasteiger partial charge in [-0.15, -0.1) is 10.2 Å². The molecular formula is C11H17Cl2N5. The number of likely N-dealkylation sites (tertiary alicyclic amines) is 1. The number of hydrogen-bond donors (Lipinski definition) is 0. The molecule has 100 valence electrons. The Bertz CT molecular complexity index is 406. The van der Waals surface area contributed by atoms with Crippen LogP contribution in [0.3, 0.4) is 0 Å². The summed E-state index contributed by atoms with van der Waals surface area (Å²) in [6, 6.07) is 0.429. The SMILES string of the molecule is CCN1CCC(N(C)c2nc(Cl)nnc2Cl)CC1. The van der Waals surface area contributed by atoms with Crippen molar-refractivity contribution in [3.8, 4) is 0 Å². The van der Waals surface area contributed by atoms with Gasteiger partial charge < -0.3 is 9.80 Å². The fraction of sp³-hybridized carbons (Fsp3) is 0.727. The number of hydrogen-bond acceptors (Lipinski definition) is 5. The zero-order chi connectivity index (χ0) is 13.1. The van der Waals surface area contributed by atoms with Crippen LogP contribution in [0, 0.1) is 0 Å². The van der Waals surface area contributed by atoms with Crippen molar-refractivity contribution in [2.24, 2.45) is 0 Å². The highest BCUT2D eigenvalue weighted by Gasteiger charge is 2.24. The molecule has 0 aliphatic carbocycles. The van der Waals surface area contributed by atoms with Crippen molar-refractivity contribution in [3.63, 3.8) is 0 Å². The topological polar surface area (TPSA) is 45.2 Å². The Hall–Kier alpha value is -0.650. The molecule has 1 saturated heterocycles. The van der Waals surface area contributed by atoms with Crippen LogP contribution >= 0.6 is 23.2 Å². The molecule has 18 heavy (non-hydrogen) atoms. The van der Waals surface area contributed by atoms with Crippen LogP contribution in [0.25, 0.3) is 0 Å². The van der Waals surface area contributed by atoms with Gasteiger partial charge >= 0.3 is 0 Å². The summed E-state index contributed by atoms with van der Waals surface area (Å²) >= 11 is 11.8. The smallest absolute Gasteiger partial charge is 0.245 e. The predicted octanol–water partition coefficient (Wildman–Crippen LogP) is 2.10.